The largest absolute Gasteiger partial charge is 3.00 e. The van der Waals surface area contributed by atoms with Crippen molar-refractivity contribution in [2.24, 2.45) is 0 Å². The Balaban J connectivity index is -0.0000000241. The Morgan fingerprint density at radius 3 is 1.00 bits per heavy atom. The van der Waals surface area contributed by atoms with E-state index < -0.39 is 0 Å². The Hall–Kier alpha value is 1.10. The van der Waals surface area contributed by atoms with Gasteiger partial charge in [0, 0.05) is 0 Å². The summed E-state index contributed by atoms with van der Waals surface area (Å²) in [6, 6.07) is 0. The van der Waals surface area contributed by atoms with Crippen molar-refractivity contribution < 1.29 is 32.7 Å². The van der Waals surface area contributed by atoms with Crippen molar-refractivity contribution in [1.29, 1.82) is 0 Å². The third-order valence-corrected chi connectivity index (χ3v) is 0.957. The van der Waals surface area contributed by atoms with Gasteiger partial charge in [0.05, 0.1) is 0 Å². The Morgan fingerprint density at radius 2 is 0.917 bits per heavy atom. The molecule has 0 aromatic rings. The molecule has 0 nitrogen and oxygen atoms in total. The third-order valence-electron chi connectivity index (χ3n) is 0.957. The Labute approximate surface area is 107 Å². The normalized spacial score (nSPS) is 5.50. The number of hydrogen-bond acceptors (Lipinski definition) is 0. The van der Waals surface area contributed by atoms with Crippen LogP contribution in [-0.4, -0.2) is 0 Å². The molecule has 0 fully saturated rings. The fourth-order valence-corrected chi connectivity index (χ4v) is 0.500. The molecule has 0 saturated heterocycles. The smallest absolute Gasteiger partial charge is 0.358 e. The van der Waals surface area contributed by atoms with Crippen molar-refractivity contribution in [2.45, 2.75) is 53.4 Å². The van der Waals surface area contributed by atoms with E-state index in [1.165, 1.54) is 25.7 Å². The Kier molecular flexibility index (Phi) is 140. The molecular weight excluding hydrogens is 221 g/mol. The van der Waals surface area contributed by atoms with Gasteiger partial charge < -0.3 is 21.3 Å². The van der Waals surface area contributed by atoms with E-state index in [4.69, 9.17) is 0 Å². The van der Waals surface area contributed by atoms with Crippen LogP contribution in [0.2, 0.25) is 0 Å². The predicted molar refractivity (Wildman–Crippen MR) is 58.3 cm³/mol. The van der Waals surface area contributed by atoms with Gasteiger partial charge >= 0.3 is 32.7 Å². The van der Waals surface area contributed by atoms with Crippen LogP contribution in [0.15, 0.2) is 0 Å². The third kappa shape index (κ3) is 67.3. The molecule has 0 aromatic carbocycles. The summed E-state index contributed by atoms with van der Waals surface area (Å²) >= 11 is 0. The number of rotatable bonds is 3. The first kappa shape index (κ1) is 29.2. The second-order valence-corrected chi connectivity index (χ2v) is 1.71. The minimum atomic E-state index is 0. The summed E-state index contributed by atoms with van der Waals surface area (Å²) in [5, 5.41) is 0. The number of unbranched alkanes of at least 4 members (excludes halogenated alkanes) is 3. The molecular formula is C11H27Y. The molecule has 12 heavy (non-hydrogen) atoms. The molecule has 0 spiro atoms. The summed E-state index contributed by atoms with van der Waals surface area (Å²) in [6.07, 6.45) is 5.54. The van der Waals surface area contributed by atoms with Crippen LogP contribution in [0.4, 0.5) is 0 Å². The standard InChI is InChI=1S/C6H14.2C2H5.CH3.Y/c1-3-5-6-4-2;2*1-2;;/h3-6H2,1-2H3;2*1H2,2H3;1H3;/q;3*-1;+3. The van der Waals surface area contributed by atoms with Gasteiger partial charge in [-0.2, -0.15) is 13.8 Å². The van der Waals surface area contributed by atoms with Gasteiger partial charge in [0.15, 0.2) is 0 Å². The molecule has 0 aliphatic heterocycles. The van der Waals surface area contributed by atoms with Gasteiger partial charge in [0.1, 0.15) is 0 Å². The van der Waals surface area contributed by atoms with Crippen molar-refractivity contribution in [2.75, 3.05) is 0 Å². The van der Waals surface area contributed by atoms with E-state index in [1.54, 1.807) is 13.8 Å². The molecule has 0 heterocycles. The number of hydrogen-bond donors (Lipinski definition) is 0. The maximum atomic E-state index is 3.25. The quantitative estimate of drug-likeness (QED) is 0.501. The predicted octanol–water partition coefficient (Wildman–Crippen LogP) is 4.72. The van der Waals surface area contributed by atoms with Crippen molar-refractivity contribution in [3.8, 4) is 0 Å². The van der Waals surface area contributed by atoms with Gasteiger partial charge in [-0.1, -0.05) is 39.5 Å². The molecule has 0 aliphatic carbocycles. The zero-order chi connectivity index (χ0) is 8.83. The summed E-state index contributed by atoms with van der Waals surface area (Å²) < 4.78 is 0. The summed E-state index contributed by atoms with van der Waals surface area (Å²) in [7, 11) is 0. The van der Waals surface area contributed by atoms with Gasteiger partial charge in [-0.15, -0.1) is 0 Å². The van der Waals surface area contributed by atoms with Crippen molar-refractivity contribution in [3.63, 3.8) is 0 Å². The Bertz CT molecular complexity index is 17.0. The van der Waals surface area contributed by atoms with E-state index in [0.717, 1.165) is 0 Å². The van der Waals surface area contributed by atoms with Gasteiger partial charge in [-0.25, -0.2) is 0 Å². The molecule has 0 rings (SSSR count). The van der Waals surface area contributed by atoms with Crippen molar-refractivity contribution >= 4 is 0 Å². The van der Waals surface area contributed by atoms with Gasteiger partial charge in [0.25, 0.3) is 0 Å². The van der Waals surface area contributed by atoms with E-state index in [1.807, 2.05) is 0 Å². The first-order valence-electron chi connectivity index (χ1n) is 4.33. The van der Waals surface area contributed by atoms with Crippen LogP contribution >= 0.6 is 0 Å². The van der Waals surface area contributed by atoms with Crippen LogP contribution < -0.4 is 0 Å². The zero-order valence-corrected chi connectivity index (χ0v) is 12.7. The van der Waals surface area contributed by atoms with Crippen LogP contribution in [0, 0.1) is 21.3 Å². The molecule has 74 valence electrons. The molecule has 0 saturated carbocycles. The molecule has 0 atom stereocenters. The molecule has 0 aliphatic rings. The van der Waals surface area contributed by atoms with E-state index in [0.29, 0.717) is 0 Å². The fourth-order valence-electron chi connectivity index (χ4n) is 0.500. The summed E-state index contributed by atoms with van der Waals surface area (Å²) in [5.74, 6) is 0. The summed E-state index contributed by atoms with van der Waals surface area (Å²) in [6.45, 7) is 14.5. The summed E-state index contributed by atoms with van der Waals surface area (Å²) in [4.78, 5) is 0. The average Bonchev–Trinajstić information content (AvgIpc) is 2.08. The fraction of sp³-hybridized carbons (Fsp3) is 0.727. The second-order valence-electron chi connectivity index (χ2n) is 1.71. The van der Waals surface area contributed by atoms with Crippen molar-refractivity contribution in [1.82, 2.24) is 0 Å². The first-order chi connectivity index (χ1) is 4.91. The van der Waals surface area contributed by atoms with Crippen LogP contribution in [0.1, 0.15) is 53.4 Å². The average molecular weight is 248 g/mol. The zero-order valence-electron chi connectivity index (χ0n) is 9.82. The topological polar surface area (TPSA) is 0 Å². The van der Waals surface area contributed by atoms with Gasteiger partial charge in [-0.3, -0.25) is 0 Å². The minimum absolute atomic E-state index is 0. The maximum absolute atomic E-state index is 3.25. The second kappa shape index (κ2) is 57.3. The SMILES string of the molecule is CCCCCC.[CH2-]C.[CH2-]C.[CH3-].[Y+3]. The minimum Gasteiger partial charge on any atom is -0.358 e. The first-order valence-corrected chi connectivity index (χ1v) is 4.33. The Morgan fingerprint density at radius 1 is 0.750 bits per heavy atom. The molecule has 0 radical (unpaired) electrons. The van der Waals surface area contributed by atoms with Gasteiger partial charge in [-0.05, 0) is 0 Å². The molecule has 0 aromatic heterocycles. The van der Waals surface area contributed by atoms with Crippen LogP contribution in [0.3, 0.4) is 0 Å². The molecule has 0 amide bonds. The van der Waals surface area contributed by atoms with Crippen LogP contribution in [0.5, 0.6) is 0 Å². The van der Waals surface area contributed by atoms with Crippen LogP contribution in [-0.2, 0) is 32.7 Å². The summed E-state index contributed by atoms with van der Waals surface area (Å²) in [5.41, 5.74) is 0. The molecule has 0 bridgehead atoms. The van der Waals surface area contributed by atoms with E-state index in [-0.39, 0.29) is 40.1 Å². The maximum Gasteiger partial charge on any atom is 3.00 e. The van der Waals surface area contributed by atoms with Crippen LogP contribution in [0.25, 0.3) is 0 Å². The van der Waals surface area contributed by atoms with E-state index in [9.17, 15) is 0 Å². The van der Waals surface area contributed by atoms with E-state index in [2.05, 4.69) is 27.7 Å². The molecule has 0 unspecified atom stereocenters. The van der Waals surface area contributed by atoms with Gasteiger partial charge in [0.2, 0.25) is 0 Å². The van der Waals surface area contributed by atoms with E-state index >= 15 is 0 Å². The molecule has 0 N–H and O–H groups in total. The molecule has 1 heteroatoms. The monoisotopic (exact) mass is 248 g/mol. The van der Waals surface area contributed by atoms with Crippen molar-refractivity contribution in [3.05, 3.63) is 21.3 Å².